The second-order valence-corrected chi connectivity index (χ2v) is 3.91. The van der Waals surface area contributed by atoms with Crippen LogP contribution < -0.4 is 4.90 Å². The Morgan fingerprint density at radius 2 is 2.12 bits per heavy atom. The van der Waals surface area contributed by atoms with E-state index in [2.05, 4.69) is 6.92 Å². The van der Waals surface area contributed by atoms with Gasteiger partial charge in [-0.2, -0.15) is 5.26 Å². The zero-order valence-corrected chi connectivity index (χ0v) is 9.83. The fraction of sp³-hybridized carbons (Fsp3) is 0.462. The monoisotopic (exact) mass is 220 g/mol. The van der Waals surface area contributed by atoms with Crippen molar-refractivity contribution in [3.63, 3.8) is 0 Å². The van der Waals surface area contributed by atoms with Gasteiger partial charge in [0.15, 0.2) is 0 Å². The molecule has 16 heavy (non-hydrogen) atoms. The summed E-state index contributed by atoms with van der Waals surface area (Å²) in [5.74, 6) is -0.321. The highest BCUT2D eigenvalue weighted by atomic mass is 19.1. The Bertz CT molecular complexity index is 382. The Morgan fingerprint density at radius 3 is 2.69 bits per heavy atom. The van der Waals surface area contributed by atoms with Crippen molar-refractivity contribution >= 4 is 5.69 Å². The predicted octanol–water partition coefficient (Wildman–Crippen LogP) is 3.32. The van der Waals surface area contributed by atoms with Crippen molar-refractivity contribution in [3.8, 4) is 6.07 Å². The van der Waals surface area contributed by atoms with Gasteiger partial charge in [-0.05, 0) is 24.6 Å². The molecule has 0 aliphatic heterocycles. The zero-order chi connectivity index (χ0) is 12.0. The number of rotatable bonds is 5. The molecule has 86 valence electrons. The molecule has 0 saturated heterocycles. The maximum Gasteiger partial charge on any atom is 0.147 e. The van der Waals surface area contributed by atoms with Gasteiger partial charge in [-0.15, -0.1) is 0 Å². The smallest absolute Gasteiger partial charge is 0.147 e. The van der Waals surface area contributed by atoms with Crippen molar-refractivity contribution in [1.29, 1.82) is 5.26 Å². The molecule has 0 bridgehead atoms. The number of unbranched alkanes of at least 4 members (excludes halogenated alkanes) is 2. The molecule has 1 aromatic rings. The summed E-state index contributed by atoms with van der Waals surface area (Å²) in [6, 6.07) is 6.53. The van der Waals surface area contributed by atoms with Gasteiger partial charge in [-0.25, -0.2) is 4.39 Å². The lowest BCUT2D eigenvalue weighted by Crippen LogP contribution is -2.19. The largest absolute Gasteiger partial charge is 0.372 e. The van der Waals surface area contributed by atoms with Gasteiger partial charge in [0.2, 0.25) is 0 Å². The SMILES string of the molecule is CCCCCN(C)c1ccc(C#N)cc1F. The number of nitrogens with zero attached hydrogens (tertiary/aromatic N) is 2. The molecule has 0 aromatic heterocycles. The summed E-state index contributed by atoms with van der Waals surface area (Å²) in [5.41, 5.74) is 0.929. The van der Waals surface area contributed by atoms with E-state index in [-0.39, 0.29) is 5.82 Å². The van der Waals surface area contributed by atoms with Gasteiger partial charge in [0.05, 0.1) is 17.3 Å². The van der Waals surface area contributed by atoms with Crippen molar-refractivity contribution in [2.24, 2.45) is 0 Å². The van der Waals surface area contributed by atoms with Crippen molar-refractivity contribution in [2.45, 2.75) is 26.2 Å². The molecular formula is C13H17FN2. The third-order valence-electron chi connectivity index (χ3n) is 2.59. The van der Waals surface area contributed by atoms with E-state index in [1.807, 2.05) is 18.0 Å². The third-order valence-corrected chi connectivity index (χ3v) is 2.59. The van der Waals surface area contributed by atoms with Crippen LogP contribution in [0.2, 0.25) is 0 Å². The van der Waals surface area contributed by atoms with Gasteiger partial charge in [0, 0.05) is 13.6 Å². The summed E-state index contributed by atoms with van der Waals surface area (Å²) >= 11 is 0. The highest BCUT2D eigenvalue weighted by Crippen LogP contribution is 2.19. The van der Waals surface area contributed by atoms with Crippen LogP contribution in [-0.2, 0) is 0 Å². The molecule has 0 unspecified atom stereocenters. The van der Waals surface area contributed by atoms with Gasteiger partial charge < -0.3 is 4.90 Å². The summed E-state index contributed by atoms with van der Waals surface area (Å²) in [6.07, 6.45) is 3.37. The lowest BCUT2D eigenvalue weighted by Gasteiger charge is -2.19. The van der Waals surface area contributed by atoms with Gasteiger partial charge in [0.1, 0.15) is 5.82 Å². The number of nitriles is 1. The molecule has 0 spiro atoms. The van der Waals surface area contributed by atoms with Crippen LogP contribution in [0, 0.1) is 17.1 Å². The fourth-order valence-electron chi connectivity index (χ4n) is 1.61. The van der Waals surface area contributed by atoms with Gasteiger partial charge >= 0.3 is 0 Å². The van der Waals surface area contributed by atoms with E-state index >= 15 is 0 Å². The molecule has 1 aromatic carbocycles. The summed E-state index contributed by atoms with van der Waals surface area (Å²) in [7, 11) is 1.88. The molecule has 1 rings (SSSR count). The molecule has 0 heterocycles. The predicted molar refractivity (Wildman–Crippen MR) is 63.9 cm³/mol. The standard InChI is InChI=1S/C13H17FN2/c1-3-4-5-8-16(2)13-7-6-11(10-15)9-12(13)14/h6-7,9H,3-5,8H2,1-2H3. The summed E-state index contributed by atoms with van der Waals surface area (Å²) < 4.78 is 13.6. The van der Waals surface area contributed by atoms with E-state index in [0.717, 1.165) is 25.8 Å². The van der Waals surface area contributed by atoms with Crippen LogP contribution >= 0.6 is 0 Å². The number of benzene rings is 1. The second-order valence-electron chi connectivity index (χ2n) is 3.91. The van der Waals surface area contributed by atoms with Crippen molar-refractivity contribution in [1.82, 2.24) is 0 Å². The van der Waals surface area contributed by atoms with Crippen LogP contribution in [0.15, 0.2) is 18.2 Å². The van der Waals surface area contributed by atoms with Crippen LogP contribution in [-0.4, -0.2) is 13.6 Å². The van der Waals surface area contributed by atoms with E-state index < -0.39 is 0 Å². The minimum absolute atomic E-state index is 0.321. The molecule has 0 amide bonds. The Kier molecular flexibility index (Phi) is 4.78. The topological polar surface area (TPSA) is 27.0 Å². The lowest BCUT2D eigenvalue weighted by atomic mass is 10.2. The van der Waals surface area contributed by atoms with E-state index in [1.54, 1.807) is 12.1 Å². The molecular weight excluding hydrogens is 203 g/mol. The van der Waals surface area contributed by atoms with E-state index in [4.69, 9.17) is 5.26 Å². The van der Waals surface area contributed by atoms with Crippen molar-refractivity contribution in [3.05, 3.63) is 29.6 Å². The highest BCUT2D eigenvalue weighted by molar-refractivity contribution is 5.50. The van der Waals surface area contributed by atoms with E-state index in [0.29, 0.717) is 11.3 Å². The molecule has 3 heteroatoms. The molecule has 0 N–H and O–H groups in total. The first-order valence-electron chi connectivity index (χ1n) is 5.59. The van der Waals surface area contributed by atoms with E-state index in [1.165, 1.54) is 6.07 Å². The molecule has 0 saturated carbocycles. The fourth-order valence-corrected chi connectivity index (χ4v) is 1.61. The van der Waals surface area contributed by atoms with Crippen LogP contribution in [0.5, 0.6) is 0 Å². The van der Waals surface area contributed by atoms with E-state index in [9.17, 15) is 4.39 Å². The number of halogens is 1. The quantitative estimate of drug-likeness (QED) is 0.712. The zero-order valence-electron chi connectivity index (χ0n) is 9.83. The molecule has 2 nitrogen and oxygen atoms in total. The normalized spacial score (nSPS) is 9.88. The Morgan fingerprint density at radius 1 is 1.38 bits per heavy atom. The Labute approximate surface area is 96.3 Å². The molecule has 0 radical (unpaired) electrons. The lowest BCUT2D eigenvalue weighted by molar-refractivity contribution is 0.617. The third kappa shape index (κ3) is 3.23. The van der Waals surface area contributed by atoms with Crippen LogP contribution in [0.1, 0.15) is 31.7 Å². The first kappa shape index (κ1) is 12.5. The summed E-state index contributed by atoms with van der Waals surface area (Å²) in [4.78, 5) is 1.89. The number of hydrogen-bond acceptors (Lipinski definition) is 2. The molecule has 0 fully saturated rings. The number of anilines is 1. The molecule has 0 atom stereocenters. The minimum Gasteiger partial charge on any atom is -0.372 e. The van der Waals surface area contributed by atoms with Gasteiger partial charge in [0.25, 0.3) is 0 Å². The second kappa shape index (κ2) is 6.12. The maximum absolute atomic E-state index is 13.6. The van der Waals surface area contributed by atoms with Crippen LogP contribution in [0.4, 0.5) is 10.1 Å². The van der Waals surface area contributed by atoms with Gasteiger partial charge in [-0.1, -0.05) is 19.8 Å². The first-order valence-corrected chi connectivity index (χ1v) is 5.59. The Hall–Kier alpha value is -1.56. The van der Waals surface area contributed by atoms with Crippen molar-refractivity contribution in [2.75, 3.05) is 18.5 Å². The average molecular weight is 220 g/mol. The van der Waals surface area contributed by atoms with Crippen LogP contribution in [0.3, 0.4) is 0 Å². The molecule has 0 aliphatic carbocycles. The van der Waals surface area contributed by atoms with Crippen LogP contribution in [0.25, 0.3) is 0 Å². The average Bonchev–Trinajstić information content (AvgIpc) is 2.29. The minimum atomic E-state index is -0.321. The first-order chi connectivity index (χ1) is 7.69. The van der Waals surface area contributed by atoms with Crippen molar-refractivity contribution < 1.29 is 4.39 Å². The Balaban J connectivity index is 2.69. The summed E-state index contributed by atoms with van der Waals surface area (Å²) in [6.45, 7) is 2.99. The highest BCUT2D eigenvalue weighted by Gasteiger charge is 2.07. The maximum atomic E-state index is 13.6. The number of hydrogen-bond donors (Lipinski definition) is 0. The molecule has 0 aliphatic rings. The summed E-state index contributed by atoms with van der Waals surface area (Å²) in [5, 5.41) is 8.63. The van der Waals surface area contributed by atoms with Gasteiger partial charge in [-0.3, -0.25) is 0 Å².